The van der Waals surface area contributed by atoms with Gasteiger partial charge in [0.05, 0.1) is 32.6 Å². The number of methoxy groups -OCH3 is 2. The Hall–Kier alpha value is -8.89. The van der Waals surface area contributed by atoms with Gasteiger partial charge in [-0.15, -0.1) is 0 Å². The van der Waals surface area contributed by atoms with E-state index >= 15 is 0 Å². The fraction of sp³-hybridized carbons (Fsp3) is 0.197. The van der Waals surface area contributed by atoms with Crippen LogP contribution in [-0.4, -0.2) is 76.3 Å². The van der Waals surface area contributed by atoms with Crippen LogP contribution in [0.1, 0.15) is 64.4 Å². The third-order valence-electron chi connectivity index (χ3n) is 14.8. The predicted octanol–water partition coefficient (Wildman–Crippen LogP) is 10.4. The smallest absolute Gasteiger partial charge is 0.414 e. The molecule has 1 saturated heterocycles. The van der Waals surface area contributed by atoms with Crippen molar-refractivity contribution in [1.29, 1.82) is 0 Å². The van der Waals surface area contributed by atoms with Crippen LogP contribution in [0.2, 0.25) is 0 Å². The van der Waals surface area contributed by atoms with Gasteiger partial charge in [0.25, 0.3) is 5.56 Å². The number of amides is 2. The van der Waals surface area contributed by atoms with E-state index in [2.05, 4.69) is 34.6 Å². The first-order valence-corrected chi connectivity index (χ1v) is 25.1. The molecule has 1 fully saturated rings. The summed E-state index contributed by atoms with van der Waals surface area (Å²) in [5.74, 6) is 0.492. The van der Waals surface area contributed by atoms with Crippen molar-refractivity contribution in [3.8, 4) is 33.8 Å². The van der Waals surface area contributed by atoms with Gasteiger partial charge in [-0.05, 0) is 104 Å². The summed E-state index contributed by atoms with van der Waals surface area (Å²) in [6, 6.07) is 55.0. The number of aromatic amines is 1. The summed E-state index contributed by atoms with van der Waals surface area (Å²) in [5, 5.41) is 14.7. The maximum absolute atomic E-state index is 14.2. The molecule has 15 heteroatoms. The van der Waals surface area contributed by atoms with Gasteiger partial charge >= 0.3 is 6.09 Å². The second kappa shape index (κ2) is 19.8. The third kappa shape index (κ3) is 8.44. The summed E-state index contributed by atoms with van der Waals surface area (Å²) in [7, 11) is 3.22. The summed E-state index contributed by atoms with van der Waals surface area (Å²) < 4.78 is 32.5. The number of hydrogen-bond donors (Lipinski definition) is 3. The Morgan fingerprint density at radius 2 is 1.32 bits per heavy atom. The SMILES string of the molecule is COc1ccc(C(OC[C@H]2O[C@@H](n3c(N(C(C)=O)c4ccc5c(c4)Cc4ccccc4-5)nc4c(=O)[nH]c(NC(=O)OCC5c6ccccc6-c6ccccc65)nc43)C[C@@H]2O)(c2ccccc2)c2ccc(OC)cc2)cc1. The molecule has 7 aromatic carbocycles. The molecule has 3 N–H and O–H groups in total. The van der Waals surface area contributed by atoms with Gasteiger partial charge in [0, 0.05) is 19.3 Å². The topological polar surface area (TPSA) is 179 Å². The van der Waals surface area contributed by atoms with Gasteiger partial charge in [0.2, 0.25) is 17.8 Å². The monoisotopic (exact) mass is 1010 g/mol. The summed E-state index contributed by atoms with van der Waals surface area (Å²) in [6.45, 7) is 1.31. The van der Waals surface area contributed by atoms with E-state index in [1.165, 1.54) is 22.0 Å². The van der Waals surface area contributed by atoms with Crippen molar-refractivity contribution in [2.24, 2.45) is 0 Å². The van der Waals surface area contributed by atoms with Crippen molar-refractivity contribution in [1.82, 2.24) is 19.5 Å². The minimum atomic E-state index is -1.24. The van der Waals surface area contributed by atoms with Crippen molar-refractivity contribution in [3.05, 3.63) is 219 Å². The second-order valence-electron chi connectivity index (χ2n) is 19.1. The van der Waals surface area contributed by atoms with Gasteiger partial charge in [0.1, 0.15) is 36.0 Å². The summed E-state index contributed by atoms with van der Waals surface area (Å²) in [5.41, 5.74) is 9.39. The number of carbonyl (C=O) groups excluding carboxylic acids is 2. The average Bonchev–Trinajstić information content (AvgIpc) is 4.25. The first-order chi connectivity index (χ1) is 37.1. The molecule has 3 aliphatic rings. The zero-order valence-electron chi connectivity index (χ0n) is 41.8. The molecule has 2 aromatic heterocycles. The zero-order chi connectivity index (χ0) is 52.1. The Morgan fingerprint density at radius 3 is 1.96 bits per heavy atom. The summed E-state index contributed by atoms with van der Waals surface area (Å²) in [4.78, 5) is 55.7. The number of aliphatic hydroxyl groups is 1. The van der Waals surface area contributed by atoms with Crippen LogP contribution >= 0.6 is 0 Å². The predicted molar refractivity (Wildman–Crippen MR) is 287 cm³/mol. The minimum absolute atomic E-state index is 0.0126. The van der Waals surface area contributed by atoms with Crippen LogP contribution < -0.4 is 25.2 Å². The normalized spacial score (nSPS) is 16.4. The highest BCUT2D eigenvalue weighted by Crippen LogP contribution is 2.47. The summed E-state index contributed by atoms with van der Waals surface area (Å²) >= 11 is 0. The van der Waals surface area contributed by atoms with Crippen molar-refractivity contribution in [2.75, 3.05) is 37.7 Å². The van der Waals surface area contributed by atoms with Crippen LogP contribution in [0.15, 0.2) is 175 Å². The molecule has 15 nitrogen and oxygen atoms in total. The zero-order valence-corrected chi connectivity index (χ0v) is 41.8. The molecule has 3 heterocycles. The van der Waals surface area contributed by atoms with Crippen LogP contribution in [0.3, 0.4) is 0 Å². The largest absolute Gasteiger partial charge is 0.497 e. The van der Waals surface area contributed by atoms with Gasteiger partial charge in [-0.3, -0.25) is 29.4 Å². The number of hydrogen-bond acceptors (Lipinski definition) is 11. The lowest BCUT2D eigenvalue weighted by Gasteiger charge is -2.37. The number of rotatable bonds is 14. The van der Waals surface area contributed by atoms with E-state index in [4.69, 9.17) is 33.7 Å². The lowest BCUT2D eigenvalue weighted by molar-refractivity contribution is -0.116. The van der Waals surface area contributed by atoms with Crippen molar-refractivity contribution in [3.63, 3.8) is 0 Å². The van der Waals surface area contributed by atoms with Crippen molar-refractivity contribution >= 4 is 40.7 Å². The molecule has 380 valence electrons. The molecule has 2 aliphatic carbocycles. The Kier molecular flexibility index (Phi) is 12.5. The molecule has 0 bridgehead atoms. The fourth-order valence-corrected chi connectivity index (χ4v) is 11.2. The molecular formula is C61H52N6O9. The van der Waals surface area contributed by atoms with Crippen LogP contribution in [0, 0.1) is 0 Å². The van der Waals surface area contributed by atoms with Crippen LogP contribution in [0.25, 0.3) is 33.4 Å². The number of aromatic nitrogens is 4. The standard InChI is InChI=1S/C61H52N6O9/c1-36(68)66(42-25-30-46-38(32-42)31-37-13-7-8-16-45(37)46)59-62-55-56(63-58(64-57(55)70)65-60(71)74-34-51-49-19-11-9-17-47(49)48-18-10-12-20-50(48)51)67(59)54-33-52(69)53(76-54)35-75-61(39-14-5-4-6-15-39,40-21-26-43(72-2)27-22-40)41-23-28-44(73-3)29-24-41/h4-30,32,51-54,69H,31,33-35H2,1-3H3,(H2,63,64,65,70,71)/t52-,53+,54+/m0/s1. The fourth-order valence-electron chi connectivity index (χ4n) is 11.2. The van der Waals surface area contributed by atoms with Crippen LogP contribution in [0.5, 0.6) is 11.5 Å². The van der Waals surface area contributed by atoms with E-state index in [1.54, 1.807) is 14.2 Å². The molecule has 1 aliphatic heterocycles. The van der Waals surface area contributed by atoms with Gasteiger partial charge in [-0.2, -0.15) is 4.98 Å². The third-order valence-corrected chi connectivity index (χ3v) is 14.8. The van der Waals surface area contributed by atoms with Gasteiger partial charge in [-0.25, -0.2) is 9.78 Å². The van der Waals surface area contributed by atoms with Crippen molar-refractivity contribution in [2.45, 2.75) is 49.7 Å². The minimum Gasteiger partial charge on any atom is -0.497 e. The molecule has 0 unspecified atom stereocenters. The number of imidazole rings is 1. The maximum Gasteiger partial charge on any atom is 0.414 e. The molecule has 0 saturated carbocycles. The van der Waals surface area contributed by atoms with E-state index in [-0.39, 0.29) is 48.6 Å². The number of nitrogens with zero attached hydrogens (tertiary/aromatic N) is 4. The first kappa shape index (κ1) is 48.1. The molecule has 9 aromatic rings. The van der Waals surface area contributed by atoms with Gasteiger partial charge in [-0.1, -0.05) is 133 Å². The maximum atomic E-state index is 14.2. The first-order valence-electron chi connectivity index (χ1n) is 25.1. The highest BCUT2D eigenvalue weighted by Gasteiger charge is 2.44. The molecular weight excluding hydrogens is 961 g/mol. The lowest BCUT2D eigenvalue weighted by atomic mass is 9.80. The number of aliphatic hydroxyl groups excluding tert-OH is 1. The molecule has 12 rings (SSSR count). The van der Waals surface area contributed by atoms with Crippen LogP contribution in [-0.2, 0) is 31.0 Å². The van der Waals surface area contributed by atoms with E-state index in [0.717, 1.165) is 55.6 Å². The van der Waals surface area contributed by atoms with Gasteiger partial charge in [0.15, 0.2) is 11.2 Å². The Balaban J connectivity index is 0.907. The van der Waals surface area contributed by atoms with Crippen molar-refractivity contribution < 1.29 is 38.4 Å². The second-order valence-corrected chi connectivity index (χ2v) is 19.1. The quantitative estimate of drug-likeness (QED) is 0.0883. The van der Waals surface area contributed by atoms with E-state index in [9.17, 15) is 19.5 Å². The number of benzene rings is 7. The number of carbonyl (C=O) groups is 2. The van der Waals surface area contributed by atoms with Gasteiger partial charge < -0.3 is 28.8 Å². The Bertz CT molecular complexity index is 3640. The highest BCUT2D eigenvalue weighted by molar-refractivity contribution is 5.99. The molecule has 0 radical (unpaired) electrons. The Morgan fingerprint density at radius 1 is 0.724 bits per heavy atom. The molecule has 2 amide bonds. The number of H-pyrrole nitrogens is 1. The average molecular weight is 1010 g/mol. The number of anilines is 3. The Labute approximate surface area is 437 Å². The van der Waals surface area contributed by atoms with E-state index in [1.807, 2.05) is 146 Å². The number of ether oxygens (including phenoxy) is 5. The highest BCUT2D eigenvalue weighted by atomic mass is 16.6. The number of nitrogens with one attached hydrogen (secondary N) is 2. The number of fused-ring (bicyclic) bond motifs is 7. The van der Waals surface area contributed by atoms with E-state index in [0.29, 0.717) is 23.6 Å². The molecule has 76 heavy (non-hydrogen) atoms. The van der Waals surface area contributed by atoms with E-state index < -0.39 is 41.6 Å². The lowest BCUT2D eigenvalue weighted by Crippen LogP contribution is -2.38. The molecule has 3 atom stereocenters. The summed E-state index contributed by atoms with van der Waals surface area (Å²) in [6.07, 6.45) is -3.36. The molecule has 0 spiro atoms. The van der Waals surface area contributed by atoms with Crippen LogP contribution in [0.4, 0.5) is 22.4 Å².